The number of hydrogen-bond donors (Lipinski definition) is 0. The lowest BCUT2D eigenvalue weighted by molar-refractivity contribution is -0.201. The van der Waals surface area contributed by atoms with Crippen molar-refractivity contribution in [2.24, 2.45) is 40.4 Å². The second-order valence-corrected chi connectivity index (χ2v) is 11.1. The predicted molar refractivity (Wildman–Crippen MR) is 107 cm³/mol. The number of esters is 2. The summed E-state index contributed by atoms with van der Waals surface area (Å²) < 4.78 is 12.0. The first-order valence-corrected chi connectivity index (χ1v) is 11.2. The van der Waals surface area contributed by atoms with Crippen molar-refractivity contribution in [3.8, 4) is 0 Å². The summed E-state index contributed by atoms with van der Waals surface area (Å²) in [5.74, 6) is 1.16. The van der Waals surface area contributed by atoms with Gasteiger partial charge >= 0.3 is 11.9 Å². The minimum Gasteiger partial charge on any atom is -0.465 e. The van der Waals surface area contributed by atoms with Crippen molar-refractivity contribution in [2.45, 2.75) is 78.2 Å². The summed E-state index contributed by atoms with van der Waals surface area (Å²) in [7, 11) is 0. The molecule has 4 fully saturated rings. The molecule has 4 aliphatic carbocycles. The molecule has 4 heteroatoms. The number of rotatable bonds is 6. The molecule has 4 rings (SSSR count). The van der Waals surface area contributed by atoms with Crippen LogP contribution < -0.4 is 0 Å². The SMILES string of the molecule is C=CC(=O)OC12C3CC(C(=O)OCC(C)(C)C)C(C3)C1C1CCC2(CCC)C1. The molecule has 7 unspecified atom stereocenters. The smallest absolute Gasteiger partial charge is 0.330 e. The monoisotopic (exact) mass is 388 g/mol. The Kier molecular flexibility index (Phi) is 4.71. The van der Waals surface area contributed by atoms with Crippen molar-refractivity contribution in [3.63, 3.8) is 0 Å². The fourth-order valence-electron chi connectivity index (χ4n) is 7.76. The highest BCUT2D eigenvalue weighted by atomic mass is 16.6. The van der Waals surface area contributed by atoms with Crippen LogP contribution in [-0.2, 0) is 19.1 Å². The zero-order chi connectivity index (χ0) is 20.3. The van der Waals surface area contributed by atoms with Gasteiger partial charge in [-0.2, -0.15) is 0 Å². The summed E-state index contributed by atoms with van der Waals surface area (Å²) in [6, 6.07) is 0. The third kappa shape index (κ3) is 2.69. The molecule has 0 aromatic rings. The minimum atomic E-state index is -0.372. The molecule has 0 N–H and O–H groups in total. The zero-order valence-electron chi connectivity index (χ0n) is 18.0. The Labute approximate surface area is 169 Å². The largest absolute Gasteiger partial charge is 0.465 e. The first kappa shape index (κ1) is 20.0. The number of hydrogen-bond acceptors (Lipinski definition) is 4. The Morgan fingerprint density at radius 2 is 2.00 bits per heavy atom. The average Bonchev–Trinajstić information content (AvgIpc) is 3.36. The molecule has 0 aromatic heterocycles. The number of ether oxygens (including phenoxy) is 2. The molecule has 7 atom stereocenters. The van der Waals surface area contributed by atoms with E-state index in [4.69, 9.17) is 9.47 Å². The van der Waals surface area contributed by atoms with E-state index in [0.717, 1.165) is 38.5 Å². The molecule has 0 spiro atoms. The van der Waals surface area contributed by atoms with E-state index in [1.807, 2.05) is 0 Å². The molecule has 0 radical (unpaired) electrons. The van der Waals surface area contributed by atoms with Crippen molar-refractivity contribution < 1.29 is 19.1 Å². The second kappa shape index (κ2) is 6.60. The molecule has 156 valence electrons. The van der Waals surface area contributed by atoms with Crippen molar-refractivity contribution in [3.05, 3.63) is 12.7 Å². The lowest BCUT2D eigenvalue weighted by Crippen LogP contribution is -2.58. The number of carbonyl (C=O) groups is 2. The second-order valence-electron chi connectivity index (χ2n) is 11.1. The van der Waals surface area contributed by atoms with Crippen LogP contribution in [0.2, 0.25) is 0 Å². The van der Waals surface area contributed by atoms with E-state index in [1.54, 1.807) is 0 Å². The fraction of sp³-hybridized carbons (Fsp3) is 0.833. The maximum Gasteiger partial charge on any atom is 0.330 e. The zero-order valence-corrected chi connectivity index (χ0v) is 18.0. The van der Waals surface area contributed by atoms with Crippen LogP contribution in [0.3, 0.4) is 0 Å². The Bertz CT molecular complexity index is 677. The summed E-state index contributed by atoms with van der Waals surface area (Å²) in [6.45, 7) is 12.6. The standard InChI is InChI=1S/C24H36O4/c1-6-9-23-10-8-15(13-23)20-17-11-16(24(20,23)28-19(25)7-2)12-18(17)21(26)27-14-22(3,4)5/h7,15-18,20H,2,6,8-14H2,1,3-5H3. The van der Waals surface area contributed by atoms with Crippen molar-refractivity contribution >= 4 is 11.9 Å². The quantitative estimate of drug-likeness (QED) is 0.368. The highest BCUT2D eigenvalue weighted by Crippen LogP contribution is 2.77. The molecule has 0 amide bonds. The van der Waals surface area contributed by atoms with E-state index in [9.17, 15) is 9.59 Å². The molecule has 0 aromatic carbocycles. The highest BCUT2D eigenvalue weighted by molar-refractivity contribution is 5.82. The molecule has 0 saturated heterocycles. The first-order valence-electron chi connectivity index (χ1n) is 11.2. The van der Waals surface area contributed by atoms with Gasteiger partial charge in [0.25, 0.3) is 0 Å². The Balaban J connectivity index is 1.62. The number of fused-ring (bicyclic) bond motifs is 9. The Morgan fingerprint density at radius 1 is 1.25 bits per heavy atom. The molecule has 4 saturated carbocycles. The third-order valence-electron chi connectivity index (χ3n) is 8.27. The normalized spacial score (nSPS) is 43.1. The van der Waals surface area contributed by atoms with E-state index >= 15 is 0 Å². The van der Waals surface area contributed by atoms with Crippen molar-refractivity contribution in [1.29, 1.82) is 0 Å². The molecule has 4 aliphatic rings. The maximum absolute atomic E-state index is 12.9. The highest BCUT2D eigenvalue weighted by Gasteiger charge is 2.79. The third-order valence-corrected chi connectivity index (χ3v) is 8.27. The van der Waals surface area contributed by atoms with Crippen molar-refractivity contribution in [2.75, 3.05) is 6.61 Å². The lowest BCUT2D eigenvalue weighted by Gasteiger charge is -2.53. The molecule has 28 heavy (non-hydrogen) atoms. The van der Waals surface area contributed by atoms with Gasteiger partial charge in [0.2, 0.25) is 0 Å². The summed E-state index contributed by atoms with van der Waals surface area (Å²) in [5.41, 5.74) is -0.285. The lowest BCUT2D eigenvalue weighted by atomic mass is 9.57. The van der Waals surface area contributed by atoms with Gasteiger partial charge in [-0.25, -0.2) is 4.79 Å². The van der Waals surface area contributed by atoms with Crippen LogP contribution in [0.1, 0.15) is 72.6 Å². The van der Waals surface area contributed by atoms with Gasteiger partial charge < -0.3 is 9.47 Å². The fourth-order valence-corrected chi connectivity index (χ4v) is 7.76. The van der Waals surface area contributed by atoms with Crippen LogP contribution in [0.15, 0.2) is 12.7 Å². The summed E-state index contributed by atoms with van der Waals surface area (Å²) >= 11 is 0. The van der Waals surface area contributed by atoms with E-state index in [-0.39, 0.29) is 40.2 Å². The molecule has 0 aliphatic heterocycles. The van der Waals surface area contributed by atoms with Crippen LogP contribution in [0.5, 0.6) is 0 Å². The van der Waals surface area contributed by atoms with Crippen LogP contribution in [-0.4, -0.2) is 24.1 Å². The minimum absolute atomic E-state index is 0.0197. The Hall–Kier alpha value is -1.32. The van der Waals surface area contributed by atoms with Gasteiger partial charge in [0.05, 0.1) is 12.5 Å². The van der Waals surface area contributed by atoms with Crippen LogP contribution in [0.4, 0.5) is 0 Å². The van der Waals surface area contributed by atoms with E-state index < -0.39 is 0 Å². The van der Waals surface area contributed by atoms with Crippen LogP contribution in [0.25, 0.3) is 0 Å². The molecule has 4 nitrogen and oxygen atoms in total. The van der Waals surface area contributed by atoms with E-state index in [0.29, 0.717) is 24.4 Å². The van der Waals surface area contributed by atoms with Crippen LogP contribution in [0, 0.1) is 40.4 Å². The summed E-state index contributed by atoms with van der Waals surface area (Å²) in [6.07, 6.45) is 8.90. The van der Waals surface area contributed by atoms with Crippen molar-refractivity contribution in [1.82, 2.24) is 0 Å². The van der Waals surface area contributed by atoms with Gasteiger partial charge in [-0.1, -0.05) is 40.7 Å². The van der Waals surface area contributed by atoms with Gasteiger partial charge in [-0.15, -0.1) is 0 Å². The molecular weight excluding hydrogens is 352 g/mol. The van der Waals surface area contributed by atoms with Gasteiger partial charge in [0.1, 0.15) is 5.60 Å². The van der Waals surface area contributed by atoms with E-state index in [2.05, 4.69) is 34.3 Å². The molecular formula is C24H36O4. The van der Waals surface area contributed by atoms with E-state index in [1.165, 1.54) is 12.5 Å². The predicted octanol–water partition coefficient (Wildman–Crippen LogP) is 4.92. The molecule has 0 heterocycles. The Morgan fingerprint density at radius 3 is 2.64 bits per heavy atom. The van der Waals surface area contributed by atoms with Crippen LogP contribution >= 0.6 is 0 Å². The molecule has 4 bridgehead atoms. The van der Waals surface area contributed by atoms with Gasteiger partial charge in [0.15, 0.2) is 0 Å². The summed E-state index contributed by atoms with van der Waals surface area (Å²) in [4.78, 5) is 25.3. The van der Waals surface area contributed by atoms with Gasteiger partial charge in [-0.3, -0.25) is 4.79 Å². The number of carbonyl (C=O) groups excluding carboxylic acids is 2. The summed E-state index contributed by atoms with van der Waals surface area (Å²) in [5, 5.41) is 0. The van der Waals surface area contributed by atoms with Gasteiger partial charge in [0, 0.05) is 23.3 Å². The van der Waals surface area contributed by atoms with Gasteiger partial charge in [-0.05, 0) is 55.8 Å². The topological polar surface area (TPSA) is 52.6 Å². The first-order chi connectivity index (χ1) is 13.2. The maximum atomic E-state index is 12.9. The average molecular weight is 389 g/mol.